The van der Waals surface area contributed by atoms with Gasteiger partial charge in [0.2, 0.25) is 0 Å². The van der Waals surface area contributed by atoms with Crippen LogP contribution in [0.3, 0.4) is 0 Å². The first-order chi connectivity index (χ1) is 13.3. The van der Waals surface area contributed by atoms with E-state index in [2.05, 4.69) is 101 Å². The minimum Gasteiger partial charge on any atom is -0.354 e. The van der Waals surface area contributed by atoms with Gasteiger partial charge < -0.3 is 9.55 Å². The molecule has 2 heterocycles. The number of aromatic amines is 1. The molecule has 2 aromatic heterocycles. The maximum Gasteiger partial charge on any atom is 0.0541 e. The average Bonchev–Trinajstić information content (AvgIpc) is 3.22. The first-order valence-electron chi connectivity index (χ1n) is 9.30. The van der Waals surface area contributed by atoms with Crippen LogP contribution in [0.15, 0.2) is 84.9 Å². The summed E-state index contributed by atoms with van der Waals surface area (Å²) in [6.45, 7) is 2.13. The third-order valence-electron chi connectivity index (χ3n) is 5.58. The number of fused-ring (bicyclic) bond motifs is 6. The monoisotopic (exact) mass is 346 g/mol. The van der Waals surface area contributed by atoms with Gasteiger partial charge in [0.05, 0.1) is 11.0 Å². The molecule has 0 aliphatic heterocycles. The zero-order chi connectivity index (χ0) is 18.0. The average molecular weight is 346 g/mol. The summed E-state index contributed by atoms with van der Waals surface area (Å²) in [5.41, 5.74) is 7.31. The van der Waals surface area contributed by atoms with Crippen molar-refractivity contribution in [2.45, 2.75) is 6.92 Å². The number of para-hydroxylation sites is 2. The maximum absolute atomic E-state index is 3.60. The van der Waals surface area contributed by atoms with Crippen molar-refractivity contribution >= 4 is 43.6 Å². The van der Waals surface area contributed by atoms with E-state index in [0.29, 0.717) is 0 Å². The largest absolute Gasteiger partial charge is 0.354 e. The lowest BCUT2D eigenvalue weighted by Crippen LogP contribution is -1.93. The van der Waals surface area contributed by atoms with Crippen LogP contribution in [-0.2, 0) is 0 Å². The van der Waals surface area contributed by atoms with E-state index in [1.54, 1.807) is 0 Å². The van der Waals surface area contributed by atoms with Crippen LogP contribution in [0, 0.1) is 6.92 Å². The Labute approximate surface area is 156 Å². The van der Waals surface area contributed by atoms with Crippen molar-refractivity contribution in [3.8, 4) is 5.69 Å². The van der Waals surface area contributed by atoms with E-state index in [1.165, 1.54) is 54.9 Å². The van der Waals surface area contributed by atoms with Crippen molar-refractivity contribution in [2.24, 2.45) is 0 Å². The molecular formula is C25H18N2. The summed E-state index contributed by atoms with van der Waals surface area (Å²) in [5.74, 6) is 0. The van der Waals surface area contributed by atoms with E-state index >= 15 is 0 Å². The van der Waals surface area contributed by atoms with Gasteiger partial charge in [0.25, 0.3) is 0 Å². The molecule has 0 bridgehead atoms. The highest BCUT2D eigenvalue weighted by Crippen LogP contribution is 2.34. The Morgan fingerprint density at radius 2 is 1.19 bits per heavy atom. The molecule has 0 spiro atoms. The molecule has 4 aromatic carbocycles. The molecule has 0 amide bonds. The molecule has 27 heavy (non-hydrogen) atoms. The normalized spacial score (nSPS) is 11.9. The lowest BCUT2D eigenvalue weighted by Gasteiger charge is -2.08. The molecule has 2 heteroatoms. The highest BCUT2D eigenvalue weighted by atomic mass is 15.0. The fraction of sp³-hybridized carbons (Fsp3) is 0.0400. The van der Waals surface area contributed by atoms with Gasteiger partial charge in [-0.15, -0.1) is 0 Å². The van der Waals surface area contributed by atoms with E-state index in [-0.39, 0.29) is 0 Å². The van der Waals surface area contributed by atoms with Crippen molar-refractivity contribution in [2.75, 3.05) is 0 Å². The zero-order valence-electron chi connectivity index (χ0n) is 15.0. The smallest absolute Gasteiger partial charge is 0.0541 e. The van der Waals surface area contributed by atoms with Crippen molar-refractivity contribution in [1.29, 1.82) is 0 Å². The Kier molecular flexibility index (Phi) is 2.84. The van der Waals surface area contributed by atoms with Crippen LogP contribution in [0.2, 0.25) is 0 Å². The van der Waals surface area contributed by atoms with E-state index in [9.17, 15) is 0 Å². The topological polar surface area (TPSA) is 20.7 Å². The quantitative estimate of drug-likeness (QED) is 0.341. The number of aryl methyl sites for hydroxylation is 1. The molecule has 6 rings (SSSR count). The number of hydrogen-bond acceptors (Lipinski definition) is 0. The molecule has 0 radical (unpaired) electrons. The summed E-state index contributed by atoms with van der Waals surface area (Å²) in [6, 6.07) is 30.6. The van der Waals surface area contributed by atoms with E-state index in [0.717, 1.165) is 0 Å². The first kappa shape index (κ1) is 14.6. The molecule has 128 valence electrons. The van der Waals surface area contributed by atoms with Crippen molar-refractivity contribution in [3.05, 3.63) is 90.5 Å². The summed E-state index contributed by atoms with van der Waals surface area (Å²) >= 11 is 0. The molecule has 0 aliphatic carbocycles. The van der Waals surface area contributed by atoms with E-state index < -0.39 is 0 Å². The molecule has 0 saturated heterocycles. The number of nitrogens with zero attached hydrogens (tertiary/aromatic N) is 1. The minimum atomic E-state index is 1.18. The molecule has 1 N–H and O–H groups in total. The summed E-state index contributed by atoms with van der Waals surface area (Å²) < 4.78 is 2.36. The number of benzene rings is 4. The number of hydrogen-bond donors (Lipinski definition) is 1. The lowest BCUT2D eigenvalue weighted by molar-refractivity contribution is 1.18. The Balaban J connectivity index is 1.71. The van der Waals surface area contributed by atoms with Crippen molar-refractivity contribution in [3.63, 3.8) is 0 Å². The summed E-state index contributed by atoms with van der Waals surface area (Å²) in [7, 11) is 0. The van der Waals surface area contributed by atoms with Gasteiger partial charge in [-0.1, -0.05) is 54.6 Å². The van der Waals surface area contributed by atoms with Crippen LogP contribution in [0.5, 0.6) is 0 Å². The standard InChI is InChI=1S/C25H18N2/c1-16-10-12-18-19-13-11-17(15-23(19)26-22(18)14-16)27-24-8-4-2-6-20(24)21-7-3-5-9-25(21)27/h2-15,26H,1H3. The summed E-state index contributed by atoms with van der Waals surface area (Å²) in [4.78, 5) is 3.60. The predicted octanol–water partition coefficient (Wildman–Crippen LogP) is 6.73. The Morgan fingerprint density at radius 3 is 1.89 bits per heavy atom. The van der Waals surface area contributed by atoms with Gasteiger partial charge in [-0.2, -0.15) is 0 Å². The van der Waals surface area contributed by atoms with Crippen LogP contribution < -0.4 is 0 Å². The molecular weight excluding hydrogens is 328 g/mol. The summed E-state index contributed by atoms with van der Waals surface area (Å²) in [5, 5.41) is 5.14. The van der Waals surface area contributed by atoms with Crippen LogP contribution in [-0.4, -0.2) is 9.55 Å². The second-order valence-electron chi connectivity index (χ2n) is 7.27. The van der Waals surface area contributed by atoms with Crippen LogP contribution >= 0.6 is 0 Å². The van der Waals surface area contributed by atoms with Gasteiger partial charge in [0.1, 0.15) is 0 Å². The first-order valence-corrected chi connectivity index (χ1v) is 9.30. The predicted molar refractivity (Wildman–Crippen MR) is 115 cm³/mol. The molecule has 6 aromatic rings. The molecule has 0 aliphatic rings. The second-order valence-corrected chi connectivity index (χ2v) is 7.27. The minimum absolute atomic E-state index is 1.18. The van der Waals surface area contributed by atoms with Gasteiger partial charge in [-0.05, 0) is 42.8 Å². The molecule has 0 unspecified atom stereocenters. The van der Waals surface area contributed by atoms with Crippen molar-refractivity contribution in [1.82, 2.24) is 9.55 Å². The molecule has 2 nitrogen and oxygen atoms in total. The van der Waals surface area contributed by atoms with Gasteiger partial charge >= 0.3 is 0 Å². The van der Waals surface area contributed by atoms with Crippen LogP contribution in [0.25, 0.3) is 49.3 Å². The Bertz CT molecular complexity index is 1430. The SMILES string of the molecule is Cc1ccc2c(c1)[nH]c1cc(-n3c4ccccc4c4ccccc43)ccc12. The van der Waals surface area contributed by atoms with E-state index in [1.807, 2.05) is 0 Å². The molecule has 0 fully saturated rings. The number of aromatic nitrogens is 2. The van der Waals surface area contributed by atoms with E-state index in [4.69, 9.17) is 0 Å². The van der Waals surface area contributed by atoms with Gasteiger partial charge in [-0.25, -0.2) is 0 Å². The van der Waals surface area contributed by atoms with Gasteiger partial charge in [0, 0.05) is 38.3 Å². The highest BCUT2D eigenvalue weighted by Gasteiger charge is 2.12. The fourth-order valence-electron chi connectivity index (χ4n) is 4.35. The summed E-state index contributed by atoms with van der Waals surface area (Å²) in [6.07, 6.45) is 0. The fourth-order valence-corrected chi connectivity index (χ4v) is 4.35. The third kappa shape index (κ3) is 2.01. The van der Waals surface area contributed by atoms with Crippen LogP contribution in [0.4, 0.5) is 0 Å². The van der Waals surface area contributed by atoms with Gasteiger partial charge in [0.15, 0.2) is 0 Å². The third-order valence-corrected chi connectivity index (χ3v) is 5.58. The highest BCUT2D eigenvalue weighted by molar-refractivity contribution is 6.11. The van der Waals surface area contributed by atoms with Crippen LogP contribution in [0.1, 0.15) is 5.56 Å². The maximum atomic E-state index is 3.60. The lowest BCUT2D eigenvalue weighted by atomic mass is 10.1. The van der Waals surface area contributed by atoms with Gasteiger partial charge in [-0.3, -0.25) is 0 Å². The Hall–Kier alpha value is -3.52. The molecule has 0 saturated carbocycles. The number of rotatable bonds is 1. The zero-order valence-corrected chi connectivity index (χ0v) is 15.0. The Morgan fingerprint density at radius 1 is 0.593 bits per heavy atom. The second kappa shape index (κ2) is 5.24. The number of nitrogens with one attached hydrogen (secondary N) is 1. The van der Waals surface area contributed by atoms with Crippen molar-refractivity contribution < 1.29 is 0 Å². The number of H-pyrrole nitrogens is 1. The molecule has 0 atom stereocenters.